The number of para-hydroxylation sites is 3. The number of hydrogen-bond donors (Lipinski definition) is 0. The number of aromatic nitrogens is 2. The molecule has 0 N–H and O–H groups in total. The van der Waals surface area contributed by atoms with Gasteiger partial charge in [0.1, 0.15) is 12.4 Å². The molecule has 0 spiro atoms. The van der Waals surface area contributed by atoms with Crippen LogP contribution in [-0.2, 0) is 28.2 Å². The van der Waals surface area contributed by atoms with E-state index in [9.17, 15) is 4.79 Å². The van der Waals surface area contributed by atoms with Crippen molar-refractivity contribution in [1.82, 2.24) is 9.55 Å². The minimum absolute atomic E-state index is 0.0180. The van der Waals surface area contributed by atoms with E-state index in [1.54, 1.807) is 18.9 Å². The quantitative estimate of drug-likeness (QED) is 0.212. The maximum atomic E-state index is 14.1. The van der Waals surface area contributed by atoms with Crippen LogP contribution in [0.25, 0.3) is 11.0 Å². The topological polar surface area (TPSA) is 47.4 Å². The highest BCUT2D eigenvalue weighted by molar-refractivity contribution is 7.98. The van der Waals surface area contributed by atoms with Gasteiger partial charge >= 0.3 is 0 Å². The highest BCUT2D eigenvalue weighted by Crippen LogP contribution is 2.30. The number of carbonyl (C=O) groups excluding carboxylic acids is 1. The molecule has 4 aromatic rings. The van der Waals surface area contributed by atoms with E-state index >= 15 is 0 Å². The molecule has 0 saturated heterocycles. The third-order valence-corrected chi connectivity index (χ3v) is 7.53. The maximum absolute atomic E-state index is 14.1. The van der Waals surface area contributed by atoms with Crippen molar-refractivity contribution in [3.05, 3.63) is 88.7 Å². The van der Waals surface area contributed by atoms with Crippen LogP contribution in [0, 0.1) is 6.92 Å². The van der Waals surface area contributed by atoms with Crippen LogP contribution in [0.4, 0.5) is 5.69 Å². The molecule has 0 fully saturated rings. The molecule has 3 aromatic carbocycles. The number of halogens is 1. The van der Waals surface area contributed by atoms with Crippen molar-refractivity contribution >= 4 is 46.0 Å². The minimum atomic E-state index is -0.115. The summed E-state index contributed by atoms with van der Waals surface area (Å²) in [6, 6.07) is 21.9. The van der Waals surface area contributed by atoms with Gasteiger partial charge in [-0.25, -0.2) is 4.98 Å². The first-order chi connectivity index (χ1) is 17.4. The van der Waals surface area contributed by atoms with E-state index in [-0.39, 0.29) is 18.5 Å². The van der Waals surface area contributed by atoms with E-state index in [1.807, 2.05) is 60.4 Å². The number of amides is 1. The predicted molar refractivity (Wildman–Crippen MR) is 150 cm³/mol. The number of hydrogen-bond acceptors (Lipinski definition) is 4. The smallest absolute Gasteiger partial charge is 0.247 e. The predicted octanol–water partition coefficient (Wildman–Crippen LogP) is 6.92. The standard InChI is InChI=1S/C29H32ClN3O2S/c1-5-22-10-8-9-20(2)29(22)33(21(3)18-35-4)28(34)17-32-26-12-7-6-11-25(26)31-27(32)19-36-24-15-13-23(30)14-16-24/h6-16,21H,5,17-19H2,1-4H3/t21-/m1/s1. The molecule has 0 radical (unpaired) electrons. The number of aryl methyl sites for hydroxylation is 2. The van der Waals surface area contributed by atoms with Gasteiger partial charge in [-0.2, -0.15) is 0 Å². The zero-order chi connectivity index (χ0) is 25.7. The fourth-order valence-electron chi connectivity index (χ4n) is 4.56. The molecular formula is C29H32ClN3O2S. The number of rotatable bonds is 10. The molecule has 0 aliphatic carbocycles. The van der Waals surface area contributed by atoms with Gasteiger partial charge in [0.25, 0.3) is 0 Å². The lowest BCUT2D eigenvalue weighted by Gasteiger charge is -2.32. The molecule has 1 amide bonds. The molecule has 0 aliphatic heterocycles. The van der Waals surface area contributed by atoms with Gasteiger partial charge < -0.3 is 14.2 Å². The van der Waals surface area contributed by atoms with Crippen LogP contribution >= 0.6 is 23.4 Å². The number of anilines is 1. The van der Waals surface area contributed by atoms with Gasteiger partial charge in [-0.05, 0) is 67.8 Å². The molecule has 1 heterocycles. The number of fused-ring (bicyclic) bond motifs is 1. The first-order valence-electron chi connectivity index (χ1n) is 12.1. The van der Waals surface area contributed by atoms with Crippen molar-refractivity contribution in [2.75, 3.05) is 18.6 Å². The van der Waals surface area contributed by atoms with Crippen molar-refractivity contribution in [2.45, 2.75) is 50.4 Å². The van der Waals surface area contributed by atoms with E-state index in [2.05, 4.69) is 36.6 Å². The van der Waals surface area contributed by atoms with Crippen LogP contribution in [-0.4, -0.2) is 35.2 Å². The Morgan fingerprint density at radius 3 is 2.58 bits per heavy atom. The van der Waals surface area contributed by atoms with Crippen LogP contribution in [0.1, 0.15) is 30.8 Å². The SMILES string of the molecule is CCc1cccc(C)c1N(C(=O)Cn1c(CSc2ccc(Cl)cc2)nc2ccccc21)[C@H](C)COC. The number of benzene rings is 3. The maximum Gasteiger partial charge on any atom is 0.247 e. The first kappa shape index (κ1) is 26.3. The minimum Gasteiger partial charge on any atom is -0.383 e. The summed E-state index contributed by atoms with van der Waals surface area (Å²) in [5.41, 5.74) is 5.06. The average molecular weight is 522 g/mol. The Morgan fingerprint density at radius 1 is 1.11 bits per heavy atom. The number of methoxy groups -OCH3 is 1. The Labute approximate surface area is 222 Å². The molecule has 36 heavy (non-hydrogen) atoms. The third kappa shape index (κ3) is 5.77. The Kier molecular flexibility index (Phi) is 8.72. The summed E-state index contributed by atoms with van der Waals surface area (Å²) in [6.45, 7) is 6.87. The lowest BCUT2D eigenvalue weighted by Crippen LogP contribution is -2.44. The molecule has 188 valence electrons. The fourth-order valence-corrected chi connectivity index (χ4v) is 5.53. The Hall–Kier alpha value is -2.80. The molecule has 0 aliphatic rings. The van der Waals surface area contributed by atoms with Crippen LogP contribution in [0.15, 0.2) is 71.6 Å². The Balaban J connectivity index is 1.70. The van der Waals surface area contributed by atoms with Gasteiger partial charge in [0.2, 0.25) is 5.91 Å². The highest BCUT2D eigenvalue weighted by atomic mass is 35.5. The lowest BCUT2D eigenvalue weighted by molar-refractivity contribution is -0.119. The number of nitrogens with zero attached hydrogens (tertiary/aromatic N) is 3. The van der Waals surface area contributed by atoms with Crippen molar-refractivity contribution < 1.29 is 9.53 Å². The summed E-state index contributed by atoms with van der Waals surface area (Å²) in [5.74, 6) is 1.52. The average Bonchev–Trinajstić information content (AvgIpc) is 3.22. The number of carbonyl (C=O) groups is 1. The summed E-state index contributed by atoms with van der Waals surface area (Å²) >= 11 is 7.73. The van der Waals surface area contributed by atoms with E-state index in [0.717, 1.165) is 45.0 Å². The Morgan fingerprint density at radius 2 is 1.86 bits per heavy atom. The van der Waals surface area contributed by atoms with E-state index in [1.165, 1.54) is 0 Å². The second kappa shape index (κ2) is 12.0. The Bertz CT molecular complexity index is 1340. The number of ether oxygens (including phenoxy) is 1. The molecule has 0 unspecified atom stereocenters. The molecular weight excluding hydrogens is 490 g/mol. The van der Waals surface area contributed by atoms with Crippen molar-refractivity contribution in [3.63, 3.8) is 0 Å². The molecule has 7 heteroatoms. The van der Waals surface area contributed by atoms with Crippen LogP contribution in [0.5, 0.6) is 0 Å². The molecule has 4 rings (SSSR count). The van der Waals surface area contributed by atoms with Crippen LogP contribution in [0.3, 0.4) is 0 Å². The molecule has 0 bridgehead atoms. The number of imidazole rings is 1. The van der Waals surface area contributed by atoms with E-state index in [0.29, 0.717) is 17.4 Å². The van der Waals surface area contributed by atoms with Crippen LogP contribution in [0.2, 0.25) is 5.02 Å². The lowest BCUT2D eigenvalue weighted by atomic mass is 10.0. The summed E-state index contributed by atoms with van der Waals surface area (Å²) in [7, 11) is 1.67. The van der Waals surface area contributed by atoms with Gasteiger partial charge in [-0.1, -0.05) is 48.9 Å². The first-order valence-corrected chi connectivity index (χ1v) is 13.5. The van der Waals surface area contributed by atoms with Crippen LogP contribution < -0.4 is 4.90 Å². The van der Waals surface area contributed by atoms with E-state index < -0.39 is 0 Å². The van der Waals surface area contributed by atoms with Crippen molar-refractivity contribution in [3.8, 4) is 0 Å². The number of thioether (sulfide) groups is 1. The second-order valence-corrected chi connectivity index (χ2v) is 10.3. The molecule has 5 nitrogen and oxygen atoms in total. The second-order valence-electron chi connectivity index (χ2n) is 8.85. The fraction of sp³-hybridized carbons (Fsp3) is 0.310. The molecule has 0 saturated carbocycles. The third-order valence-electron chi connectivity index (χ3n) is 6.27. The molecule has 1 aromatic heterocycles. The zero-order valence-electron chi connectivity index (χ0n) is 21.2. The summed E-state index contributed by atoms with van der Waals surface area (Å²) in [5, 5.41) is 0.713. The summed E-state index contributed by atoms with van der Waals surface area (Å²) in [4.78, 5) is 22.0. The monoisotopic (exact) mass is 521 g/mol. The van der Waals surface area contributed by atoms with Gasteiger partial charge in [-0.3, -0.25) is 4.79 Å². The largest absolute Gasteiger partial charge is 0.383 e. The highest BCUT2D eigenvalue weighted by Gasteiger charge is 2.27. The summed E-state index contributed by atoms with van der Waals surface area (Å²) < 4.78 is 7.52. The van der Waals surface area contributed by atoms with Gasteiger partial charge in [0, 0.05) is 17.0 Å². The van der Waals surface area contributed by atoms with Gasteiger partial charge in [0.05, 0.1) is 35.1 Å². The zero-order valence-corrected chi connectivity index (χ0v) is 22.8. The normalized spacial score (nSPS) is 12.1. The van der Waals surface area contributed by atoms with Gasteiger partial charge in [-0.15, -0.1) is 11.8 Å². The molecule has 1 atom stereocenters. The van der Waals surface area contributed by atoms with Gasteiger partial charge in [0.15, 0.2) is 0 Å². The van der Waals surface area contributed by atoms with Crippen molar-refractivity contribution in [1.29, 1.82) is 0 Å². The van der Waals surface area contributed by atoms with Crippen molar-refractivity contribution in [2.24, 2.45) is 0 Å². The summed E-state index contributed by atoms with van der Waals surface area (Å²) in [6.07, 6.45) is 0.845. The van der Waals surface area contributed by atoms with E-state index in [4.69, 9.17) is 21.3 Å².